The van der Waals surface area contributed by atoms with Crippen LogP contribution < -0.4 is 5.32 Å². The monoisotopic (exact) mass is 465 g/mol. The van der Waals surface area contributed by atoms with Crippen molar-refractivity contribution in [2.75, 3.05) is 31.5 Å². The third-order valence-corrected chi connectivity index (χ3v) is 9.72. The highest BCUT2D eigenvalue weighted by molar-refractivity contribution is 7.91. The number of sulfonamides is 1. The van der Waals surface area contributed by atoms with Crippen LogP contribution in [0.5, 0.6) is 0 Å². The maximum absolute atomic E-state index is 13.0. The summed E-state index contributed by atoms with van der Waals surface area (Å²) in [6, 6.07) is 2.86. The zero-order valence-electron chi connectivity index (χ0n) is 17.0. The van der Waals surface area contributed by atoms with Gasteiger partial charge < -0.3 is 10.2 Å². The van der Waals surface area contributed by atoms with Crippen LogP contribution in [0.2, 0.25) is 0 Å². The molecule has 1 unspecified atom stereocenters. The van der Waals surface area contributed by atoms with Crippen LogP contribution in [-0.4, -0.2) is 65.7 Å². The predicted octanol–water partition coefficient (Wildman–Crippen LogP) is 2.70. The van der Waals surface area contributed by atoms with Crippen LogP contribution in [0.25, 0.3) is 10.2 Å². The summed E-state index contributed by atoms with van der Waals surface area (Å²) in [6.45, 7) is 7.20. The molecule has 3 aromatic rings. The van der Waals surface area contributed by atoms with Crippen molar-refractivity contribution in [3.05, 3.63) is 34.3 Å². The molecule has 1 atom stereocenters. The summed E-state index contributed by atoms with van der Waals surface area (Å²) >= 11 is 2.82. The van der Waals surface area contributed by atoms with Crippen molar-refractivity contribution in [3.63, 3.8) is 0 Å². The second-order valence-corrected chi connectivity index (χ2v) is 11.5. The molecule has 0 saturated carbocycles. The van der Waals surface area contributed by atoms with E-state index in [0.29, 0.717) is 36.2 Å². The van der Waals surface area contributed by atoms with E-state index in [0.717, 1.165) is 15.8 Å². The van der Waals surface area contributed by atoms with Crippen molar-refractivity contribution in [3.8, 4) is 0 Å². The summed E-state index contributed by atoms with van der Waals surface area (Å²) in [7, 11) is -3.48. The maximum Gasteiger partial charge on any atom is 0.252 e. The lowest BCUT2D eigenvalue weighted by Gasteiger charge is -2.35. The predicted molar refractivity (Wildman–Crippen MR) is 120 cm³/mol. The van der Waals surface area contributed by atoms with Gasteiger partial charge in [0.05, 0.1) is 5.39 Å². The summed E-state index contributed by atoms with van der Waals surface area (Å²) in [6.07, 6.45) is 1.51. The number of carbonyl (C=O) groups is 1. The first-order valence-corrected chi connectivity index (χ1v) is 12.7. The normalized spacial score (nSPS) is 16.7. The molecule has 3 aromatic heterocycles. The quantitative estimate of drug-likeness (QED) is 0.623. The third-order valence-electron chi connectivity index (χ3n) is 5.33. The van der Waals surface area contributed by atoms with Gasteiger partial charge in [0.2, 0.25) is 5.91 Å². The minimum absolute atomic E-state index is 0.0699. The number of aryl methyl sites for hydroxylation is 2. The van der Waals surface area contributed by atoms with Crippen molar-refractivity contribution < 1.29 is 13.2 Å². The van der Waals surface area contributed by atoms with Crippen LogP contribution in [0.15, 0.2) is 28.0 Å². The Morgan fingerprint density at radius 2 is 1.93 bits per heavy atom. The van der Waals surface area contributed by atoms with E-state index in [1.807, 2.05) is 13.8 Å². The Kier molecular flexibility index (Phi) is 5.80. The first-order chi connectivity index (χ1) is 14.3. The SMILES string of the molecule is Cc1sc2ncnc(NC(C)C(=O)N3CCN(S(=O)(=O)c4cccs4)CC3)c2c1C. The number of fused-ring (bicyclic) bond motifs is 1. The Morgan fingerprint density at radius 3 is 2.60 bits per heavy atom. The van der Waals surface area contributed by atoms with E-state index in [-0.39, 0.29) is 5.91 Å². The molecule has 30 heavy (non-hydrogen) atoms. The first-order valence-electron chi connectivity index (χ1n) is 9.58. The van der Waals surface area contributed by atoms with Gasteiger partial charge in [-0.05, 0) is 37.8 Å². The second-order valence-electron chi connectivity index (χ2n) is 7.21. The van der Waals surface area contributed by atoms with Crippen LogP contribution in [0, 0.1) is 13.8 Å². The summed E-state index contributed by atoms with van der Waals surface area (Å²) < 4.78 is 27.1. The van der Waals surface area contributed by atoms with E-state index >= 15 is 0 Å². The lowest BCUT2D eigenvalue weighted by Crippen LogP contribution is -2.53. The van der Waals surface area contributed by atoms with E-state index in [1.165, 1.54) is 26.8 Å². The second kappa shape index (κ2) is 8.22. The Morgan fingerprint density at radius 1 is 1.20 bits per heavy atom. The summed E-state index contributed by atoms with van der Waals surface area (Å²) in [5, 5.41) is 5.94. The minimum atomic E-state index is -3.48. The molecule has 0 spiro atoms. The van der Waals surface area contributed by atoms with Gasteiger partial charge in [0.25, 0.3) is 10.0 Å². The van der Waals surface area contributed by atoms with Gasteiger partial charge in [-0.1, -0.05) is 6.07 Å². The fourth-order valence-electron chi connectivity index (χ4n) is 3.52. The molecule has 8 nitrogen and oxygen atoms in total. The summed E-state index contributed by atoms with van der Waals surface area (Å²) in [5.41, 5.74) is 1.12. The van der Waals surface area contributed by atoms with Crippen LogP contribution >= 0.6 is 22.7 Å². The fourth-order valence-corrected chi connectivity index (χ4v) is 7.08. The van der Waals surface area contributed by atoms with Crippen molar-refractivity contribution >= 4 is 54.6 Å². The Hall–Kier alpha value is -2.08. The number of rotatable bonds is 5. The van der Waals surface area contributed by atoms with Crippen molar-refractivity contribution in [2.45, 2.75) is 31.0 Å². The van der Waals surface area contributed by atoms with Gasteiger partial charge >= 0.3 is 0 Å². The zero-order chi connectivity index (χ0) is 21.5. The van der Waals surface area contributed by atoms with Gasteiger partial charge in [-0.25, -0.2) is 18.4 Å². The molecule has 0 aliphatic carbocycles. The van der Waals surface area contributed by atoms with Crippen LogP contribution in [0.4, 0.5) is 5.82 Å². The fraction of sp³-hybridized carbons (Fsp3) is 0.421. The Labute approximate surface area is 183 Å². The number of aromatic nitrogens is 2. The first kappa shape index (κ1) is 21.2. The molecule has 1 N–H and O–H groups in total. The average molecular weight is 466 g/mol. The number of carbonyl (C=O) groups excluding carboxylic acids is 1. The number of nitrogens with zero attached hydrogens (tertiary/aromatic N) is 4. The standard InChI is InChI=1S/C19H23N5O3S3/c1-12-14(3)29-18-16(12)17(20-11-21-18)22-13(2)19(25)23-6-8-24(9-7-23)30(26,27)15-5-4-10-28-15/h4-5,10-11,13H,6-9H2,1-3H3,(H,20,21,22). The zero-order valence-corrected chi connectivity index (χ0v) is 19.4. The third kappa shape index (κ3) is 3.82. The molecule has 1 aliphatic heterocycles. The molecule has 4 heterocycles. The molecule has 160 valence electrons. The number of thiophene rings is 2. The van der Waals surface area contributed by atoms with Crippen molar-refractivity contribution in [1.82, 2.24) is 19.2 Å². The van der Waals surface area contributed by atoms with E-state index in [4.69, 9.17) is 0 Å². The minimum Gasteiger partial charge on any atom is -0.358 e. The smallest absolute Gasteiger partial charge is 0.252 e. The molecular weight excluding hydrogens is 442 g/mol. The number of anilines is 1. The number of hydrogen-bond donors (Lipinski definition) is 1. The molecule has 11 heteroatoms. The summed E-state index contributed by atoms with van der Waals surface area (Å²) in [5.74, 6) is 0.584. The molecule has 0 radical (unpaired) electrons. The molecule has 0 aromatic carbocycles. The van der Waals surface area contributed by atoms with Crippen LogP contribution in [-0.2, 0) is 14.8 Å². The molecule has 1 fully saturated rings. The van der Waals surface area contributed by atoms with E-state index < -0.39 is 16.1 Å². The van der Waals surface area contributed by atoms with E-state index in [2.05, 4.69) is 15.3 Å². The van der Waals surface area contributed by atoms with Gasteiger partial charge in [0.15, 0.2) is 0 Å². The number of hydrogen-bond acceptors (Lipinski definition) is 8. The Bertz CT molecular complexity index is 1170. The average Bonchev–Trinajstić information content (AvgIpc) is 3.37. The molecule has 1 amide bonds. The maximum atomic E-state index is 13.0. The number of nitrogens with one attached hydrogen (secondary N) is 1. The van der Waals surface area contributed by atoms with Crippen molar-refractivity contribution in [2.24, 2.45) is 0 Å². The van der Waals surface area contributed by atoms with E-state index in [1.54, 1.807) is 40.7 Å². The lowest BCUT2D eigenvalue weighted by atomic mass is 10.2. The van der Waals surface area contributed by atoms with Gasteiger partial charge in [-0.15, -0.1) is 22.7 Å². The molecule has 1 aliphatic rings. The number of amides is 1. The number of piperazine rings is 1. The van der Waals surface area contributed by atoms with Crippen LogP contribution in [0.1, 0.15) is 17.4 Å². The Balaban J connectivity index is 1.43. The molecule has 1 saturated heterocycles. The lowest BCUT2D eigenvalue weighted by molar-refractivity contribution is -0.132. The van der Waals surface area contributed by atoms with Crippen molar-refractivity contribution in [1.29, 1.82) is 0 Å². The molecule has 0 bridgehead atoms. The largest absolute Gasteiger partial charge is 0.358 e. The van der Waals surface area contributed by atoms with Gasteiger partial charge in [0.1, 0.15) is 27.2 Å². The topological polar surface area (TPSA) is 95.5 Å². The summed E-state index contributed by atoms with van der Waals surface area (Å²) in [4.78, 5) is 25.4. The highest BCUT2D eigenvalue weighted by Gasteiger charge is 2.32. The van der Waals surface area contributed by atoms with Crippen LogP contribution in [0.3, 0.4) is 0 Å². The van der Waals surface area contributed by atoms with E-state index in [9.17, 15) is 13.2 Å². The molecule has 4 rings (SSSR count). The van der Waals surface area contributed by atoms with Gasteiger partial charge in [-0.2, -0.15) is 4.31 Å². The highest BCUT2D eigenvalue weighted by atomic mass is 32.2. The van der Waals surface area contributed by atoms with Gasteiger partial charge in [0, 0.05) is 31.1 Å². The van der Waals surface area contributed by atoms with Gasteiger partial charge in [-0.3, -0.25) is 4.79 Å². The molecular formula is C19H23N5O3S3. The highest BCUT2D eigenvalue weighted by Crippen LogP contribution is 2.32.